The lowest BCUT2D eigenvalue weighted by atomic mass is 10.5. The number of carbonyl (C=O) groups excluding carboxylic acids is 1. The fraction of sp³-hybridized carbons (Fsp3) is 0.625. The summed E-state index contributed by atoms with van der Waals surface area (Å²) in [6.07, 6.45) is 0.914. The average molecular weight is 230 g/mol. The van der Waals surface area contributed by atoms with Crippen LogP contribution < -0.4 is 11.1 Å². The molecule has 0 atom stereocenters. The van der Waals surface area contributed by atoms with E-state index in [1.54, 1.807) is 6.92 Å². The Morgan fingerprint density at radius 2 is 2.40 bits per heavy atom. The predicted molar refractivity (Wildman–Crippen MR) is 58.7 cm³/mol. The maximum atomic E-state index is 11.3. The molecule has 0 spiro atoms. The van der Waals surface area contributed by atoms with Crippen LogP contribution in [-0.2, 0) is 4.79 Å². The Labute approximate surface area is 92.0 Å². The molecule has 0 bridgehead atoms. The van der Waals surface area contributed by atoms with Gasteiger partial charge in [0.05, 0.1) is 5.75 Å². The first-order chi connectivity index (χ1) is 7.22. The van der Waals surface area contributed by atoms with Crippen LogP contribution in [0.5, 0.6) is 0 Å². The molecule has 1 rings (SSSR count). The van der Waals surface area contributed by atoms with E-state index < -0.39 is 0 Å². The van der Waals surface area contributed by atoms with E-state index in [4.69, 9.17) is 10.2 Å². The Morgan fingerprint density at radius 3 is 3.00 bits per heavy atom. The van der Waals surface area contributed by atoms with Gasteiger partial charge in [-0.2, -0.15) is 11.8 Å². The molecule has 1 aromatic rings. The lowest BCUT2D eigenvalue weighted by Gasteiger charge is -1.99. The molecular weight excluding hydrogens is 216 g/mol. The van der Waals surface area contributed by atoms with Crippen molar-refractivity contribution in [1.82, 2.24) is 10.2 Å². The fourth-order valence-corrected chi connectivity index (χ4v) is 1.63. The minimum Gasteiger partial charge on any atom is -0.408 e. The lowest BCUT2D eigenvalue weighted by Crippen LogP contribution is -2.15. The maximum Gasteiger partial charge on any atom is 0.322 e. The molecule has 7 heteroatoms. The first-order valence-electron chi connectivity index (χ1n) is 4.60. The quantitative estimate of drug-likeness (QED) is 0.687. The Hall–Kier alpha value is -1.08. The molecule has 84 valence electrons. The van der Waals surface area contributed by atoms with E-state index in [1.807, 2.05) is 0 Å². The van der Waals surface area contributed by atoms with Gasteiger partial charge in [0.15, 0.2) is 0 Å². The number of rotatable bonds is 6. The van der Waals surface area contributed by atoms with E-state index in [2.05, 4.69) is 15.5 Å². The van der Waals surface area contributed by atoms with Crippen molar-refractivity contribution in [3.05, 3.63) is 5.89 Å². The van der Waals surface area contributed by atoms with Gasteiger partial charge in [-0.25, -0.2) is 0 Å². The zero-order valence-electron chi connectivity index (χ0n) is 8.52. The first kappa shape index (κ1) is 12.0. The van der Waals surface area contributed by atoms with E-state index in [9.17, 15) is 4.79 Å². The Morgan fingerprint density at radius 1 is 1.60 bits per heavy atom. The number of anilines is 1. The fourth-order valence-electron chi connectivity index (χ4n) is 0.853. The van der Waals surface area contributed by atoms with Crippen molar-refractivity contribution in [3.63, 3.8) is 0 Å². The summed E-state index contributed by atoms with van der Waals surface area (Å²) in [5.41, 5.74) is 5.32. The van der Waals surface area contributed by atoms with Crippen LogP contribution in [0.3, 0.4) is 0 Å². The monoisotopic (exact) mass is 230 g/mol. The van der Waals surface area contributed by atoms with Crippen molar-refractivity contribution < 1.29 is 9.21 Å². The number of thioether (sulfide) groups is 1. The molecule has 0 saturated carbocycles. The van der Waals surface area contributed by atoms with Crippen LogP contribution in [0.4, 0.5) is 6.01 Å². The van der Waals surface area contributed by atoms with Crippen LogP contribution >= 0.6 is 11.8 Å². The SMILES string of the molecule is Cc1nnc(NC(=O)CSCCCN)o1. The Bertz CT molecular complexity index is 315. The molecule has 0 radical (unpaired) electrons. The Balaban J connectivity index is 2.18. The van der Waals surface area contributed by atoms with Gasteiger partial charge >= 0.3 is 6.01 Å². The highest BCUT2D eigenvalue weighted by atomic mass is 32.2. The number of nitrogens with two attached hydrogens (primary N) is 1. The number of hydrogen-bond acceptors (Lipinski definition) is 6. The summed E-state index contributed by atoms with van der Waals surface area (Å²) in [5, 5.41) is 9.76. The third-order valence-corrected chi connectivity index (χ3v) is 2.54. The molecule has 0 aliphatic heterocycles. The van der Waals surface area contributed by atoms with Crippen LogP contribution in [0.15, 0.2) is 4.42 Å². The topological polar surface area (TPSA) is 94.0 Å². The van der Waals surface area contributed by atoms with Crippen molar-refractivity contribution in [1.29, 1.82) is 0 Å². The van der Waals surface area contributed by atoms with Gasteiger partial charge in [0.2, 0.25) is 11.8 Å². The first-order valence-corrected chi connectivity index (χ1v) is 5.75. The van der Waals surface area contributed by atoms with Crippen LogP contribution in [0.1, 0.15) is 12.3 Å². The van der Waals surface area contributed by atoms with Gasteiger partial charge in [0.1, 0.15) is 0 Å². The van der Waals surface area contributed by atoms with Crippen molar-refractivity contribution in [2.45, 2.75) is 13.3 Å². The van der Waals surface area contributed by atoms with Crippen molar-refractivity contribution in [2.24, 2.45) is 5.73 Å². The molecule has 0 unspecified atom stereocenters. The van der Waals surface area contributed by atoms with E-state index >= 15 is 0 Å². The summed E-state index contributed by atoms with van der Waals surface area (Å²) in [7, 11) is 0. The maximum absolute atomic E-state index is 11.3. The molecular formula is C8H14N4O2S. The van der Waals surface area contributed by atoms with Gasteiger partial charge in [-0.05, 0) is 18.7 Å². The second kappa shape index (κ2) is 6.41. The molecule has 3 N–H and O–H groups in total. The van der Waals surface area contributed by atoms with Crippen LogP contribution in [-0.4, -0.2) is 34.2 Å². The molecule has 0 fully saturated rings. The van der Waals surface area contributed by atoms with Gasteiger partial charge in [0.25, 0.3) is 0 Å². The highest BCUT2D eigenvalue weighted by Crippen LogP contribution is 2.06. The largest absolute Gasteiger partial charge is 0.408 e. The van der Waals surface area contributed by atoms with Crippen LogP contribution in [0.2, 0.25) is 0 Å². The number of hydrogen-bond donors (Lipinski definition) is 2. The lowest BCUT2D eigenvalue weighted by molar-refractivity contribution is -0.113. The third kappa shape index (κ3) is 4.80. The second-order valence-corrected chi connectivity index (χ2v) is 3.97. The zero-order chi connectivity index (χ0) is 11.1. The minimum absolute atomic E-state index is 0.138. The van der Waals surface area contributed by atoms with Crippen molar-refractivity contribution in [2.75, 3.05) is 23.4 Å². The van der Waals surface area contributed by atoms with Gasteiger partial charge in [-0.15, -0.1) is 5.10 Å². The summed E-state index contributed by atoms with van der Waals surface area (Å²) in [5.74, 6) is 1.55. The molecule has 0 aliphatic carbocycles. The normalized spacial score (nSPS) is 10.3. The number of carbonyl (C=O) groups is 1. The summed E-state index contributed by atoms with van der Waals surface area (Å²) < 4.78 is 5.00. The van der Waals surface area contributed by atoms with Crippen LogP contribution in [0, 0.1) is 6.92 Å². The highest BCUT2D eigenvalue weighted by Gasteiger charge is 2.06. The third-order valence-electron chi connectivity index (χ3n) is 1.50. The van der Waals surface area contributed by atoms with Gasteiger partial charge in [0, 0.05) is 6.92 Å². The Kier molecular flexibility index (Phi) is 5.13. The molecule has 1 amide bonds. The van der Waals surface area contributed by atoms with E-state index in [0.717, 1.165) is 12.2 Å². The molecule has 0 aliphatic rings. The molecule has 0 aromatic carbocycles. The van der Waals surface area contributed by atoms with E-state index in [-0.39, 0.29) is 11.9 Å². The molecule has 15 heavy (non-hydrogen) atoms. The molecule has 1 heterocycles. The second-order valence-electron chi connectivity index (χ2n) is 2.87. The van der Waals surface area contributed by atoms with Gasteiger partial charge < -0.3 is 10.2 Å². The summed E-state index contributed by atoms with van der Waals surface area (Å²) in [6, 6.07) is 0.150. The zero-order valence-corrected chi connectivity index (χ0v) is 9.34. The average Bonchev–Trinajstić information content (AvgIpc) is 2.59. The summed E-state index contributed by atoms with van der Waals surface area (Å²) >= 11 is 1.53. The minimum atomic E-state index is -0.138. The summed E-state index contributed by atoms with van der Waals surface area (Å²) in [6.45, 7) is 2.32. The van der Waals surface area contributed by atoms with E-state index in [1.165, 1.54) is 11.8 Å². The standard InChI is InChI=1S/C8H14N4O2S/c1-6-11-12-8(14-6)10-7(13)5-15-4-2-3-9/h2-5,9H2,1H3,(H,10,12,13). The number of amides is 1. The van der Waals surface area contributed by atoms with Gasteiger partial charge in [-0.1, -0.05) is 5.10 Å². The molecule has 6 nitrogen and oxygen atoms in total. The smallest absolute Gasteiger partial charge is 0.322 e. The predicted octanol–water partition coefficient (Wildman–Crippen LogP) is 0.399. The number of aromatic nitrogens is 2. The number of nitrogens with one attached hydrogen (secondary N) is 1. The highest BCUT2D eigenvalue weighted by molar-refractivity contribution is 7.99. The molecule has 1 aromatic heterocycles. The van der Waals surface area contributed by atoms with E-state index in [0.29, 0.717) is 18.2 Å². The molecule has 0 saturated heterocycles. The van der Waals surface area contributed by atoms with Gasteiger partial charge in [-0.3, -0.25) is 10.1 Å². The van der Waals surface area contributed by atoms with Crippen LogP contribution in [0.25, 0.3) is 0 Å². The number of nitrogens with zero attached hydrogens (tertiary/aromatic N) is 2. The summed E-state index contributed by atoms with van der Waals surface area (Å²) in [4.78, 5) is 11.3. The van der Waals surface area contributed by atoms with Crippen molar-refractivity contribution in [3.8, 4) is 0 Å². The van der Waals surface area contributed by atoms with Crippen molar-refractivity contribution >= 4 is 23.7 Å². The number of aryl methyl sites for hydroxylation is 1.